The van der Waals surface area contributed by atoms with Crippen molar-refractivity contribution in [2.45, 2.75) is 20.3 Å². The highest BCUT2D eigenvalue weighted by Crippen LogP contribution is 2.18. The first-order valence-electron chi connectivity index (χ1n) is 7.83. The normalized spacial score (nSPS) is 10.0. The first kappa shape index (κ1) is 17.3. The molecule has 2 N–H and O–H groups in total. The number of hydrogen-bond acceptors (Lipinski definition) is 1. The van der Waals surface area contributed by atoms with Crippen molar-refractivity contribution in [1.82, 2.24) is 10.3 Å². The number of para-hydroxylation sites is 1. The smallest absolute Gasteiger partial charge is 0.252 e. The summed E-state index contributed by atoms with van der Waals surface area (Å²) < 4.78 is 0.814. The van der Waals surface area contributed by atoms with E-state index in [9.17, 15) is 4.79 Å². The third-order valence-corrected chi connectivity index (χ3v) is 4.16. The molecule has 1 aromatic heterocycles. The van der Waals surface area contributed by atoms with Gasteiger partial charge in [-0.25, -0.2) is 0 Å². The second-order valence-corrected chi connectivity index (χ2v) is 5.70. The van der Waals surface area contributed by atoms with Gasteiger partial charge in [0.05, 0.1) is 5.56 Å². The number of nitrogens with one attached hydrogen (secondary N) is 2. The summed E-state index contributed by atoms with van der Waals surface area (Å²) >= 11 is 3.39. The first-order chi connectivity index (χ1) is 11.3. The Morgan fingerprint density at radius 3 is 2.57 bits per heavy atom. The second kappa shape index (κ2) is 8.53. The van der Waals surface area contributed by atoms with Crippen LogP contribution in [0.1, 0.15) is 29.8 Å². The van der Waals surface area contributed by atoms with Crippen LogP contribution in [0.15, 0.2) is 59.2 Å². The summed E-state index contributed by atoms with van der Waals surface area (Å²) in [4.78, 5) is 15.4. The maximum atomic E-state index is 12.1. The molecular weight excluding hydrogens is 352 g/mol. The van der Waals surface area contributed by atoms with Crippen molar-refractivity contribution in [2.24, 2.45) is 0 Å². The highest BCUT2D eigenvalue weighted by molar-refractivity contribution is 9.10. The van der Waals surface area contributed by atoms with Crippen molar-refractivity contribution in [3.8, 4) is 0 Å². The molecule has 0 radical (unpaired) electrons. The Hall–Kier alpha value is -2.07. The van der Waals surface area contributed by atoms with Gasteiger partial charge in [0.15, 0.2) is 0 Å². The van der Waals surface area contributed by atoms with E-state index >= 15 is 0 Å². The molecule has 3 rings (SSSR count). The number of carbonyl (C=O) groups is 1. The molecule has 3 nitrogen and oxygen atoms in total. The second-order valence-electron chi connectivity index (χ2n) is 4.85. The van der Waals surface area contributed by atoms with Crippen LogP contribution in [0, 0.1) is 0 Å². The minimum Gasteiger partial charge on any atom is -0.361 e. The fourth-order valence-electron chi connectivity index (χ4n) is 2.39. The highest BCUT2D eigenvalue weighted by atomic mass is 79.9. The molecule has 3 aromatic rings. The molecule has 0 aliphatic heterocycles. The predicted octanol–water partition coefficient (Wildman–Crippen LogP) is 4.93. The molecule has 0 aliphatic carbocycles. The molecule has 0 fully saturated rings. The topological polar surface area (TPSA) is 44.9 Å². The fraction of sp³-hybridized carbons (Fsp3) is 0.211. The summed E-state index contributed by atoms with van der Waals surface area (Å²) in [7, 11) is 0. The van der Waals surface area contributed by atoms with E-state index in [1.165, 1.54) is 10.9 Å². The number of aromatic amines is 1. The lowest BCUT2D eigenvalue weighted by molar-refractivity contribution is 0.0953. The average molecular weight is 373 g/mol. The van der Waals surface area contributed by atoms with Gasteiger partial charge in [0, 0.05) is 28.1 Å². The summed E-state index contributed by atoms with van der Waals surface area (Å²) in [5.41, 5.74) is 3.01. The van der Waals surface area contributed by atoms with E-state index in [1.54, 1.807) is 0 Å². The maximum Gasteiger partial charge on any atom is 0.252 e. The van der Waals surface area contributed by atoms with Gasteiger partial charge in [-0.15, -0.1) is 0 Å². The van der Waals surface area contributed by atoms with Gasteiger partial charge >= 0.3 is 0 Å². The molecule has 2 aromatic carbocycles. The van der Waals surface area contributed by atoms with Gasteiger partial charge in [0.25, 0.3) is 5.91 Å². The maximum absolute atomic E-state index is 12.1. The van der Waals surface area contributed by atoms with Crippen LogP contribution >= 0.6 is 15.9 Å². The van der Waals surface area contributed by atoms with Crippen molar-refractivity contribution in [3.63, 3.8) is 0 Å². The average Bonchev–Trinajstić information content (AvgIpc) is 3.00. The molecule has 0 aliphatic rings. The lowest BCUT2D eigenvalue weighted by Crippen LogP contribution is -2.25. The minimum absolute atomic E-state index is 0.0534. The quantitative estimate of drug-likeness (QED) is 0.669. The number of amides is 1. The number of halogens is 1. The Morgan fingerprint density at radius 2 is 1.78 bits per heavy atom. The van der Waals surface area contributed by atoms with E-state index in [-0.39, 0.29) is 5.91 Å². The zero-order valence-electron chi connectivity index (χ0n) is 13.4. The monoisotopic (exact) mass is 372 g/mol. The van der Waals surface area contributed by atoms with Crippen molar-refractivity contribution in [1.29, 1.82) is 0 Å². The summed E-state index contributed by atoms with van der Waals surface area (Å²) in [6, 6.07) is 15.6. The highest BCUT2D eigenvalue weighted by Gasteiger charge is 2.09. The van der Waals surface area contributed by atoms with Crippen LogP contribution in [0.5, 0.6) is 0 Å². The van der Waals surface area contributed by atoms with E-state index in [2.05, 4.69) is 38.4 Å². The zero-order chi connectivity index (χ0) is 16.7. The largest absolute Gasteiger partial charge is 0.361 e. The molecule has 23 heavy (non-hydrogen) atoms. The van der Waals surface area contributed by atoms with E-state index in [0.717, 1.165) is 16.4 Å². The Morgan fingerprint density at radius 1 is 1.09 bits per heavy atom. The molecule has 0 unspecified atom stereocenters. The Bertz CT molecular complexity index is 780. The standard InChI is InChI=1S/C17H15BrN2O.C2H6/c18-15-7-3-1-6-14(15)17(21)19-10-9-12-11-20-16-8-4-2-5-13(12)16;1-2/h1-8,11,20H,9-10H2,(H,19,21);1-2H3. The number of benzene rings is 2. The summed E-state index contributed by atoms with van der Waals surface area (Å²) in [5.74, 6) is -0.0534. The lowest BCUT2D eigenvalue weighted by atomic mass is 10.1. The summed E-state index contributed by atoms with van der Waals surface area (Å²) in [6.07, 6.45) is 2.81. The Balaban J connectivity index is 0.000000924. The predicted molar refractivity (Wildman–Crippen MR) is 99.8 cm³/mol. The van der Waals surface area contributed by atoms with Crippen molar-refractivity contribution < 1.29 is 4.79 Å². The SMILES string of the molecule is CC.O=C(NCCc1c[nH]c2ccccc12)c1ccccc1Br. The van der Waals surface area contributed by atoms with E-state index < -0.39 is 0 Å². The summed E-state index contributed by atoms with van der Waals surface area (Å²) in [6.45, 7) is 4.61. The number of aromatic nitrogens is 1. The zero-order valence-corrected chi connectivity index (χ0v) is 15.0. The van der Waals surface area contributed by atoms with Crippen molar-refractivity contribution in [2.75, 3.05) is 6.54 Å². The third-order valence-electron chi connectivity index (χ3n) is 3.47. The van der Waals surface area contributed by atoms with Crippen LogP contribution in [0.4, 0.5) is 0 Å². The molecular formula is C19H21BrN2O. The van der Waals surface area contributed by atoms with Crippen LogP contribution in [-0.4, -0.2) is 17.4 Å². The van der Waals surface area contributed by atoms with Gasteiger partial charge in [0.1, 0.15) is 0 Å². The van der Waals surface area contributed by atoms with E-state index in [0.29, 0.717) is 12.1 Å². The van der Waals surface area contributed by atoms with Crippen molar-refractivity contribution in [3.05, 3.63) is 70.3 Å². The van der Waals surface area contributed by atoms with Gasteiger partial charge in [-0.3, -0.25) is 4.79 Å². The van der Waals surface area contributed by atoms with Gasteiger partial charge in [-0.2, -0.15) is 0 Å². The molecule has 0 atom stereocenters. The van der Waals surface area contributed by atoms with Crippen LogP contribution < -0.4 is 5.32 Å². The molecule has 1 amide bonds. The number of fused-ring (bicyclic) bond motifs is 1. The van der Waals surface area contributed by atoms with E-state index in [1.807, 2.05) is 56.4 Å². The molecule has 120 valence electrons. The molecule has 4 heteroatoms. The minimum atomic E-state index is -0.0534. The van der Waals surface area contributed by atoms with Gasteiger partial charge in [0.2, 0.25) is 0 Å². The Kier molecular flexibility index (Phi) is 6.41. The van der Waals surface area contributed by atoms with Gasteiger partial charge in [-0.1, -0.05) is 44.2 Å². The fourth-order valence-corrected chi connectivity index (χ4v) is 2.85. The van der Waals surface area contributed by atoms with Crippen LogP contribution in [-0.2, 0) is 6.42 Å². The molecule has 1 heterocycles. The van der Waals surface area contributed by atoms with Gasteiger partial charge < -0.3 is 10.3 Å². The number of carbonyl (C=O) groups excluding carboxylic acids is 1. The first-order valence-corrected chi connectivity index (χ1v) is 8.63. The third kappa shape index (κ3) is 4.23. The van der Waals surface area contributed by atoms with Crippen LogP contribution in [0.25, 0.3) is 10.9 Å². The molecule has 0 saturated carbocycles. The lowest BCUT2D eigenvalue weighted by Gasteiger charge is -2.06. The number of hydrogen-bond donors (Lipinski definition) is 2. The molecule has 0 saturated heterocycles. The molecule has 0 bridgehead atoms. The van der Waals surface area contributed by atoms with Crippen molar-refractivity contribution >= 4 is 32.7 Å². The number of H-pyrrole nitrogens is 1. The summed E-state index contributed by atoms with van der Waals surface area (Å²) in [5, 5.41) is 4.18. The van der Waals surface area contributed by atoms with Gasteiger partial charge in [-0.05, 0) is 46.1 Å². The Labute approximate surface area is 145 Å². The number of rotatable bonds is 4. The van der Waals surface area contributed by atoms with E-state index in [4.69, 9.17) is 0 Å². The molecule has 0 spiro atoms. The van der Waals surface area contributed by atoms with Crippen LogP contribution in [0.3, 0.4) is 0 Å². The van der Waals surface area contributed by atoms with Crippen LogP contribution in [0.2, 0.25) is 0 Å².